The van der Waals surface area contributed by atoms with E-state index in [-0.39, 0.29) is 19.1 Å². The van der Waals surface area contributed by atoms with Crippen LogP contribution in [-0.4, -0.2) is 47.8 Å². The van der Waals surface area contributed by atoms with Gasteiger partial charge in [-0.25, -0.2) is 0 Å². The van der Waals surface area contributed by atoms with E-state index in [0.717, 1.165) is 12.0 Å². The summed E-state index contributed by atoms with van der Waals surface area (Å²) >= 11 is 0. The number of carbonyl (C=O) groups is 2. The maximum Gasteiger partial charge on any atom is 0.249 e. The second-order valence-electron chi connectivity index (χ2n) is 6.72. The highest BCUT2D eigenvalue weighted by Crippen LogP contribution is 2.19. The molecule has 0 aliphatic rings. The van der Waals surface area contributed by atoms with Crippen LogP contribution in [0.5, 0.6) is 0 Å². The number of benzene rings is 1. The molecule has 0 saturated heterocycles. The zero-order chi connectivity index (χ0) is 18.2. The van der Waals surface area contributed by atoms with Gasteiger partial charge >= 0.3 is 0 Å². The Kier molecular flexibility index (Phi) is 7.88. The van der Waals surface area contributed by atoms with Gasteiger partial charge in [0, 0.05) is 18.5 Å². The predicted octanol–water partition coefficient (Wildman–Crippen LogP) is 0.477. The highest BCUT2D eigenvalue weighted by Gasteiger charge is 2.33. The van der Waals surface area contributed by atoms with Crippen molar-refractivity contribution in [3.8, 4) is 0 Å². The first-order valence-electron chi connectivity index (χ1n) is 8.16. The van der Waals surface area contributed by atoms with Crippen molar-refractivity contribution in [3.63, 3.8) is 0 Å². The SMILES string of the molecule is CC(CNC(=O)[C@H](O)C(C)(C)CO)C(=O)NCCc1ccccc1. The monoisotopic (exact) mass is 336 g/mol. The van der Waals surface area contributed by atoms with Crippen LogP contribution < -0.4 is 10.6 Å². The van der Waals surface area contributed by atoms with Gasteiger partial charge in [-0.3, -0.25) is 9.59 Å². The van der Waals surface area contributed by atoms with E-state index in [1.807, 2.05) is 30.3 Å². The fourth-order valence-corrected chi connectivity index (χ4v) is 2.03. The summed E-state index contributed by atoms with van der Waals surface area (Å²) in [6.07, 6.45) is -0.578. The lowest BCUT2D eigenvalue weighted by atomic mass is 9.87. The maximum absolute atomic E-state index is 12.0. The van der Waals surface area contributed by atoms with E-state index in [4.69, 9.17) is 5.11 Å². The molecular weight excluding hydrogens is 308 g/mol. The molecule has 2 amide bonds. The maximum atomic E-state index is 12.0. The van der Waals surface area contributed by atoms with Crippen LogP contribution in [0.25, 0.3) is 0 Å². The summed E-state index contributed by atoms with van der Waals surface area (Å²) in [6.45, 7) is 5.25. The summed E-state index contributed by atoms with van der Waals surface area (Å²) < 4.78 is 0. The highest BCUT2D eigenvalue weighted by molar-refractivity contribution is 5.83. The van der Waals surface area contributed by atoms with Crippen LogP contribution in [0, 0.1) is 11.3 Å². The van der Waals surface area contributed by atoms with Crippen molar-refractivity contribution in [2.75, 3.05) is 19.7 Å². The van der Waals surface area contributed by atoms with Gasteiger partial charge in [0.05, 0.1) is 12.5 Å². The van der Waals surface area contributed by atoms with E-state index in [1.165, 1.54) is 0 Å². The van der Waals surface area contributed by atoms with E-state index in [2.05, 4.69) is 10.6 Å². The van der Waals surface area contributed by atoms with E-state index >= 15 is 0 Å². The minimum absolute atomic E-state index is 0.134. The largest absolute Gasteiger partial charge is 0.396 e. The first-order chi connectivity index (χ1) is 11.3. The topological polar surface area (TPSA) is 98.7 Å². The molecule has 0 aliphatic carbocycles. The van der Waals surface area contributed by atoms with E-state index in [1.54, 1.807) is 20.8 Å². The molecule has 1 rings (SSSR count). The average Bonchev–Trinajstić information content (AvgIpc) is 2.59. The van der Waals surface area contributed by atoms with Crippen molar-refractivity contribution < 1.29 is 19.8 Å². The van der Waals surface area contributed by atoms with Gasteiger partial charge in [-0.05, 0) is 12.0 Å². The number of aliphatic hydroxyl groups excluding tert-OH is 2. The summed E-state index contributed by atoms with van der Waals surface area (Å²) in [7, 11) is 0. The second-order valence-corrected chi connectivity index (χ2v) is 6.72. The molecule has 6 nitrogen and oxygen atoms in total. The van der Waals surface area contributed by atoms with Gasteiger partial charge in [0.2, 0.25) is 11.8 Å². The molecule has 4 N–H and O–H groups in total. The number of hydrogen-bond donors (Lipinski definition) is 4. The molecule has 0 aliphatic heterocycles. The number of hydrogen-bond acceptors (Lipinski definition) is 4. The molecule has 0 bridgehead atoms. The van der Waals surface area contributed by atoms with Crippen LogP contribution in [0.1, 0.15) is 26.3 Å². The predicted molar refractivity (Wildman–Crippen MR) is 92.2 cm³/mol. The molecular formula is C18H28N2O4. The molecule has 2 atom stereocenters. The fraction of sp³-hybridized carbons (Fsp3) is 0.556. The van der Waals surface area contributed by atoms with E-state index < -0.39 is 23.3 Å². The molecule has 0 aromatic heterocycles. The van der Waals surface area contributed by atoms with Crippen LogP contribution in [0.2, 0.25) is 0 Å². The van der Waals surface area contributed by atoms with Gasteiger partial charge in [-0.2, -0.15) is 0 Å². The fourth-order valence-electron chi connectivity index (χ4n) is 2.03. The Labute approximate surface area is 143 Å². The van der Waals surface area contributed by atoms with Crippen LogP contribution in [0.3, 0.4) is 0 Å². The van der Waals surface area contributed by atoms with E-state index in [9.17, 15) is 14.7 Å². The molecule has 1 unspecified atom stereocenters. The molecule has 0 saturated carbocycles. The Balaban J connectivity index is 2.32. The van der Waals surface area contributed by atoms with Gasteiger partial charge in [-0.1, -0.05) is 51.1 Å². The Morgan fingerprint density at radius 1 is 1.12 bits per heavy atom. The Hall–Kier alpha value is -1.92. The molecule has 0 radical (unpaired) electrons. The number of nitrogens with one attached hydrogen (secondary N) is 2. The smallest absolute Gasteiger partial charge is 0.249 e. The normalized spacial score (nSPS) is 13.9. The van der Waals surface area contributed by atoms with Gasteiger partial charge in [0.1, 0.15) is 6.10 Å². The minimum Gasteiger partial charge on any atom is -0.396 e. The van der Waals surface area contributed by atoms with Gasteiger partial charge in [-0.15, -0.1) is 0 Å². The molecule has 0 fully saturated rings. The molecule has 1 aromatic carbocycles. The summed E-state index contributed by atoms with van der Waals surface area (Å²) in [4.78, 5) is 23.9. The molecule has 24 heavy (non-hydrogen) atoms. The first-order valence-corrected chi connectivity index (χ1v) is 8.16. The zero-order valence-electron chi connectivity index (χ0n) is 14.6. The van der Waals surface area contributed by atoms with Crippen molar-refractivity contribution in [3.05, 3.63) is 35.9 Å². The van der Waals surface area contributed by atoms with Gasteiger partial charge in [0.25, 0.3) is 0 Å². The third-order valence-corrected chi connectivity index (χ3v) is 3.98. The lowest BCUT2D eigenvalue weighted by Gasteiger charge is -2.27. The number of amides is 2. The molecule has 6 heteroatoms. The van der Waals surface area contributed by atoms with Crippen LogP contribution in [-0.2, 0) is 16.0 Å². The van der Waals surface area contributed by atoms with Crippen molar-refractivity contribution in [2.24, 2.45) is 11.3 Å². The quantitative estimate of drug-likeness (QED) is 0.527. The Morgan fingerprint density at radius 2 is 1.75 bits per heavy atom. The molecule has 134 valence electrons. The average molecular weight is 336 g/mol. The summed E-state index contributed by atoms with van der Waals surface area (Å²) in [6, 6.07) is 9.85. The number of rotatable bonds is 9. The first kappa shape index (κ1) is 20.1. The lowest BCUT2D eigenvalue weighted by molar-refractivity contribution is -0.137. The lowest BCUT2D eigenvalue weighted by Crippen LogP contribution is -2.47. The number of aliphatic hydroxyl groups is 2. The van der Waals surface area contributed by atoms with Gasteiger partial charge in [0.15, 0.2) is 0 Å². The summed E-state index contributed by atoms with van der Waals surface area (Å²) in [5, 5.41) is 24.4. The van der Waals surface area contributed by atoms with Crippen molar-refractivity contribution in [1.29, 1.82) is 0 Å². The summed E-state index contributed by atoms with van der Waals surface area (Å²) in [5.41, 5.74) is 0.221. The van der Waals surface area contributed by atoms with Crippen molar-refractivity contribution in [2.45, 2.75) is 33.3 Å². The Morgan fingerprint density at radius 3 is 2.33 bits per heavy atom. The van der Waals surface area contributed by atoms with Crippen LogP contribution >= 0.6 is 0 Å². The van der Waals surface area contributed by atoms with Crippen LogP contribution in [0.15, 0.2) is 30.3 Å². The van der Waals surface area contributed by atoms with Crippen LogP contribution in [0.4, 0.5) is 0 Å². The highest BCUT2D eigenvalue weighted by atomic mass is 16.3. The molecule has 0 spiro atoms. The third kappa shape index (κ3) is 6.29. The van der Waals surface area contributed by atoms with Gasteiger partial charge < -0.3 is 20.8 Å². The van der Waals surface area contributed by atoms with Crippen molar-refractivity contribution in [1.82, 2.24) is 10.6 Å². The third-order valence-electron chi connectivity index (χ3n) is 3.98. The van der Waals surface area contributed by atoms with E-state index in [0.29, 0.717) is 6.54 Å². The number of carbonyl (C=O) groups excluding carboxylic acids is 2. The molecule has 0 heterocycles. The standard InChI is InChI=1S/C18H28N2O4/c1-13(11-20-17(24)15(22)18(2,3)12-21)16(23)19-10-9-14-7-5-4-6-8-14/h4-8,13,15,21-22H,9-12H2,1-3H3,(H,19,23)(H,20,24)/t13?,15-/m0/s1. The second kappa shape index (κ2) is 9.39. The Bertz CT molecular complexity index is 531. The molecule has 1 aromatic rings. The van der Waals surface area contributed by atoms with Crippen molar-refractivity contribution >= 4 is 11.8 Å². The minimum atomic E-state index is -1.32. The zero-order valence-corrected chi connectivity index (χ0v) is 14.6. The summed E-state index contributed by atoms with van der Waals surface area (Å²) in [5.74, 6) is -1.14.